The Bertz CT molecular complexity index is 2940. The van der Waals surface area contributed by atoms with Crippen molar-refractivity contribution in [3.63, 3.8) is 0 Å². The normalized spacial score (nSPS) is 50.0. The van der Waals surface area contributed by atoms with Crippen molar-refractivity contribution in [3.8, 4) is 0 Å². The first-order valence-electron chi connectivity index (χ1n) is 34.8. The van der Waals surface area contributed by atoms with Gasteiger partial charge in [-0.1, -0.05) is 0 Å². The first kappa shape index (κ1) is 91.5. The van der Waals surface area contributed by atoms with Crippen LogP contribution in [0.3, 0.4) is 0 Å². The molecule has 9 rings (SSSR count). The number of aliphatic hydroxyl groups is 28. The van der Waals surface area contributed by atoms with Crippen LogP contribution in [0.15, 0.2) is 0 Å². The number of carbonyl (C=O) groups excluding carboxylic acids is 1. The zero-order valence-electron chi connectivity index (χ0n) is 58.2. The summed E-state index contributed by atoms with van der Waals surface area (Å²) in [5.74, 6) is -12.9. The van der Waals surface area contributed by atoms with Crippen LogP contribution in [-0.2, 0) is 94.9 Å². The van der Waals surface area contributed by atoms with Gasteiger partial charge in [0.15, 0.2) is 44.0 Å². The Labute approximate surface area is 624 Å². The van der Waals surface area contributed by atoms with Gasteiger partial charge in [-0.25, -0.2) is 9.59 Å². The van der Waals surface area contributed by atoms with Crippen molar-refractivity contribution in [1.82, 2.24) is 5.32 Å². The van der Waals surface area contributed by atoms with Crippen LogP contribution < -0.4 is 5.32 Å². The maximum absolute atomic E-state index is 13.5. The lowest BCUT2D eigenvalue weighted by Crippen LogP contribution is -2.71. The summed E-state index contributed by atoms with van der Waals surface area (Å²) in [6, 6.07) is -2.07. The first-order valence-corrected chi connectivity index (χ1v) is 34.8. The first-order chi connectivity index (χ1) is 52.3. The maximum atomic E-state index is 13.5. The van der Waals surface area contributed by atoms with Gasteiger partial charge in [-0.3, -0.25) is 4.79 Å². The molecule has 644 valence electrons. The van der Waals surface area contributed by atoms with Crippen molar-refractivity contribution >= 4 is 17.8 Å². The van der Waals surface area contributed by atoms with Gasteiger partial charge in [-0.2, -0.15) is 0 Å². The summed E-state index contributed by atoms with van der Waals surface area (Å²) in [7, 11) is 0. The summed E-state index contributed by atoms with van der Waals surface area (Å²) in [6.45, 7) is -10.5. The van der Waals surface area contributed by atoms with Crippen molar-refractivity contribution < 1.29 is 248 Å². The molecule has 1 unspecified atom stereocenters. The molecule has 9 fully saturated rings. The number of aliphatic carboxylic acids is 2. The molecule has 0 aromatic heterocycles. The van der Waals surface area contributed by atoms with E-state index in [1.54, 1.807) is 0 Å². The van der Waals surface area contributed by atoms with Crippen molar-refractivity contribution in [2.24, 2.45) is 0 Å². The van der Waals surface area contributed by atoms with Gasteiger partial charge < -0.3 is 239 Å². The van der Waals surface area contributed by atoms with Crippen molar-refractivity contribution in [1.29, 1.82) is 0 Å². The molecule has 31 N–H and O–H groups in total. The van der Waals surface area contributed by atoms with Gasteiger partial charge in [0.25, 0.3) is 11.6 Å². The number of ether oxygens (including phenoxy) is 17. The molecule has 111 heavy (non-hydrogen) atoms. The highest BCUT2D eigenvalue weighted by Crippen LogP contribution is 2.44. The molecule has 0 bridgehead atoms. The standard InChI is InChI=1S/C60H99NO50/c1-13(70)61-25-32(80)44(103-51-38(86)33(81)27(75)18(6-64)96-51)23(11-69)101-50(25)107-49-37(85)31(79)22(10-68)100-56(49)105-46-24(12-95-55-48(36(84)30(78)21(9-67)99-55)108-53-40(88)35(83)29(77)20(8-66)98-53)102-54(41(89)47(46)106-52-39(87)34(82)28(76)19(7-65)97-52)104-45-17(3-59(94,57(90)91)110-43(45)16(73)5-63)109-60(58(92)93)2-14(71)26(74)42(111-60)15(72)4-62/h14-56,62-69,71-89,94H,2-12H2,1H3,(H,61,70)(H,90,91)(H,92,93)/t14-,15-,16-,17-,18-,19-,20-,21-,22-,23-,24-,25-,26-,27+,28-,29-,30-,31-,32-,33+,34+,35+,36+,37+,38-,39-,40-,41-,42-,43-,44-,45-,46-,47-,48-,49-,50-,51+,52+,53-,54-,55-,56+,59-,60?/m1/s1. The van der Waals surface area contributed by atoms with E-state index in [1.165, 1.54) is 0 Å². The maximum Gasteiger partial charge on any atom is 0.364 e. The predicted molar refractivity (Wildman–Crippen MR) is 331 cm³/mol. The van der Waals surface area contributed by atoms with Crippen LogP contribution in [0.5, 0.6) is 0 Å². The number of rotatable bonds is 30. The van der Waals surface area contributed by atoms with Crippen LogP contribution in [0.25, 0.3) is 0 Å². The largest absolute Gasteiger partial charge is 0.477 e. The fraction of sp³-hybridized carbons (Fsp3) is 0.950. The average Bonchev–Trinajstić information content (AvgIpc) is 0.761. The van der Waals surface area contributed by atoms with Crippen LogP contribution in [0.1, 0.15) is 19.8 Å². The smallest absolute Gasteiger partial charge is 0.364 e. The van der Waals surface area contributed by atoms with Gasteiger partial charge in [0.2, 0.25) is 5.91 Å². The minimum Gasteiger partial charge on any atom is -0.477 e. The molecule has 9 heterocycles. The van der Waals surface area contributed by atoms with Crippen molar-refractivity contribution in [2.75, 3.05) is 59.5 Å². The van der Waals surface area contributed by atoms with E-state index in [0.717, 1.165) is 6.92 Å². The van der Waals surface area contributed by atoms with Gasteiger partial charge in [0, 0.05) is 19.8 Å². The zero-order valence-corrected chi connectivity index (χ0v) is 58.2. The van der Waals surface area contributed by atoms with Crippen LogP contribution in [-0.4, -0.2) is 506 Å². The molecular weight excluding hydrogens is 1530 g/mol. The molecule has 0 aromatic rings. The van der Waals surface area contributed by atoms with E-state index in [0.29, 0.717) is 0 Å². The molecule has 0 aliphatic carbocycles. The minimum absolute atomic E-state index is 0.878. The highest BCUT2D eigenvalue weighted by atomic mass is 16.8. The van der Waals surface area contributed by atoms with Crippen LogP contribution >= 0.6 is 0 Å². The van der Waals surface area contributed by atoms with Gasteiger partial charge in [0.1, 0.15) is 207 Å². The molecule has 1 amide bonds. The summed E-state index contributed by atoms with van der Waals surface area (Å²) in [5, 5.41) is 332. The number of amides is 1. The highest BCUT2D eigenvalue weighted by molar-refractivity contribution is 5.77. The second-order valence-electron chi connectivity index (χ2n) is 27.9. The third-order valence-electron chi connectivity index (χ3n) is 20.4. The lowest BCUT2D eigenvalue weighted by Gasteiger charge is -2.53. The Morgan fingerprint density at radius 1 is 0.378 bits per heavy atom. The van der Waals surface area contributed by atoms with Crippen LogP contribution in [0.2, 0.25) is 0 Å². The molecule has 45 atom stereocenters. The molecule has 0 spiro atoms. The van der Waals surface area contributed by atoms with Crippen LogP contribution in [0, 0.1) is 0 Å². The third-order valence-corrected chi connectivity index (χ3v) is 20.4. The van der Waals surface area contributed by atoms with E-state index in [9.17, 15) is 168 Å². The monoisotopic (exact) mass is 1630 g/mol. The van der Waals surface area contributed by atoms with E-state index >= 15 is 0 Å². The molecule has 9 saturated heterocycles. The number of hydrogen-bond donors (Lipinski definition) is 31. The average molecular weight is 1630 g/mol. The summed E-state index contributed by atoms with van der Waals surface area (Å²) < 4.78 is 100. The number of nitrogens with one attached hydrogen (secondary N) is 1. The highest BCUT2D eigenvalue weighted by Gasteiger charge is 2.65. The summed E-state index contributed by atoms with van der Waals surface area (Å²) >= 11 is 0. The SMILES string of the molecule is CC(=O)N[C@H]1[C@@H](O[C@H]2[C@H](O[C@H]3[C@H](O[C@@H]4O[C@H](CO)[C@@H](O)[C@H](O)[C@H]4O)[C@@H](O)[C@@H](O[C@H]4[C@@H]([C@H](O)CO)O[C@@](O)(C(=O)O)C[C@H]4OC4(C(=O)O)C[C@@H](O)[C@@H](O)[C@@H]([C@H](O)CO)O4)O[C@@H]3CO[C@@H]3O[C@H](CO)[C@@H](O)[C@H](O)[C@H]3O[C@H]3O[C@H](CO)[C@@H](O)[C@H](O)[C@H]3O)O[C@H](CO)[C@@H](O)[C@@H]2O)O[C@H](CO)[C@@H](O[C@@H]2O[C@H](CO)[C@H](O)[C@H](O)[C@H]2O)[C@@H]1O. The molecule has 0 saturated carbocycles. The quantitative estimate of drug-likeness (QED) is 0.0318. The Kier molecular flexibility index (Phi) is 31.8. The Morgan fingerprint density at radius 2 is 0.757 bits per heavy atom. The van der Waals surface area contributed by atoms with Gasteiger partial charge >= 0.3 is 11.9 Å². The summed E-state index contributed by atoms with van der Waals surface area (Å²) in [6.07, 6.45) is -100. The van der Waals surface area contributed by atoms with Crippen molar-refractivity contribution in [3.05, 3.63) is 0 Å². The predicted octanol–water partition coefficient (Wildman–Crippen LogP) is -20.8. The third kappa shape index (κ3) is 19.2. The van der Waals surface area contributed by atoms with Crippen LogP contribution in [0.4, 0.5) is 0 Å². The van der Waals surface area contributed by atoms with E-state index in [-0.39, 0.29) is 0 Å². The Hall–Kier alpha value is -3.39. The van der Waals surface area contributed by atoms with Gasteiger partial charge in [0.05, 0.1) is 71.7 Å². The summed E-state index contributed by atoms with van der Waals surface area (Å²) in [5.41, 5.74) is 0. The second kappa shape index (κ2) is 38.6. The van der Waals surface area contributed by atoms with Gasteiger partial charge in [-0.15, -0.1) is 0 Å². The van der Waals surface area contributed by atoms with E-state index in [1.807, 2.05) is 0 Å². The van der Waals surface area contributed by atoms with E-state index in [2.05, 4.69) is 5.32 Å². The molecular formula is C60H99NO50. The Balaban J connectivity index is 1.19. The Morgan fingerprint density at radius 3 is 1.21 bits per heavy atom. The zero-order chi connectivity index (χ0) is 82.1. The fourth-order valence-corrected chi connectivity index (χ4v) is 14.1. The molecule has 9 aliphatic heterocycles. The minimum atomic E-state index is -3.70. The number of carboxylic acid groups (broad SMARTS) is 2. The number of carboxylic acids is 2. The molecule has 0 aromatic carbocycles. The fourth-order valence-electron chi connectivity index (χ4n) is 14.1. The molecule has 9 aliphatic rings. The van der Waals surface area contributed by atoms with Crippen molar-refractivity contribution in [2.45, 2.75) is 295 Å². The topological polar surface area (TPSA) is 827 Å². The number of aliphatic hydroxyl groups excluding tert-OH is 27. The van der Waals surface area contributed by atoms with E-state index in [4.69, 9.17) is 80.5 Å². The summed E-state index contributed by atoms with van der Waals surface area (Å²) in [4.78, 5) is 39.5. The number of hydrogen-bond acceptors (Lipinski definition) is 48. The molecule has 51 nitrogen and oxygen atoms in total. The number of carbonyl (C=O) groups is 3. The van der Waals surface area contributed by atoms with E-state index < -0.39 is 365 Å². The lowest BCUT2D eigenvalue weighted by molar-refractivity contribution is -0.417. The van der Waals surface area contributed by atoms with Gasteiger partial charge in [-0.05, 0) is 0 Å². The molecule has 0 radical (unpaired) electrons. The lowest BCUT2D eigenvalue weighted by atomic mass is 9.89. The second-order valence-corrected chi connectivity index (χ2v) is 27.9. The molecule has 51 heteroatoms.